The van der Waals surface area contributed by atoms with E-state index in [2.05, 4.69) is 31.2 Å². The molecule has 2 aromatic carbocycles. The Bertz CT molecular complexity index is 955. The Morgan fingerprint density at radius 2 is 1.93 bits per heavy atom. The molecule has 5 heteroatoms. The molecule has 2 atom stereocenters. The lowest BCUT2D eigenvalue weighted by atomic mass is 9.97. The maximum atomic E-state index is 13.6. The topological polar surface area (TPSA) is 49.9 Å². The second-order valence-corrected chi connectivity index (χ2v) is 8.38. The van der Waals surface area contributed by atoms with Crippen LogP contribution in [-0.4, -0.2) is 53.1 Å². The Kier molecular flexibility index (Phi) is 4.43. The lowest BCUT2D eigenvalue weighted by molar-refractivity contribution is -0.179. The third kappa shape index (κ3) is 2.96. The van der Waals surface area contributed by atoms with Crippen molar-refractivity contribution in [3.05, 3.63) is 70.8 Å². The number of benzene rings is 2. The molecule has 0 aliphatic carbocycles. The Balaban J connectivity index is 1.43. The van der Waals surface area contributed by atoms with Crippen molar-refractivity contribution >= 4 is 11.8 Å². The molecule has 3 aliphatic heterocycles. The number of amides is 2. The highest BCUT2D eigenvalue weighted by molar-refractivity contribution is 5.97. The third-order valence-electron chi connectivity index (χ3n) is 6.64. The minimum atomic E-state index is -0.600. The summed E-state index contributed by atoms with van der Waals surface area (Å²) in [5, 5.41) is 0. The highest BCUT2D eigenvalue weighted by atomic mass is 16.5. The molecule has 3 aliphatic rings. The van der Waals surface area contributed by atoms with E-state index in [1.807, 2.05) is 34.1 Å². The Hall–Kier alpha value is -2.66. The molecular weight excluding hydrogens is 364 g/mol. The van der Waals surface area contributed by atoms with Crippen LogP contribution in [0.5, 0.6) is 0 Å². The largest absolute Gasteiger partial charge is 0.353 e. The van der Waals surface area contributed by atoms with Gasteiger partial charge in [0.25, 0.3) is 5.91 Å². The fraction of sp³-hybridized carbons (Fsp3) is 0.417. The molecule has 5 rings (SSSR count). The zero-order valence-corrected chi connectivity index (χ0v) is 16.8. The molecule has 3 fully saturated rings. The Labute approximate surface area is 171 Å². The van der Waals surface area contributed by atoms with Crippen molar-refractivity contribution in [3.8, 4) is 0 Å². The van der Waals surface area contributed by atoms with Crippen molar-refractivity contribution in [3.63, 3.8) is 0 Å². The van der Waals surface area contributed by atoms with Gasteiger partial charge in [0.2, 0.25) is 5.91 Å². The van der Waals surface area contributed by atoms with Crippen LogP contribution in [0.2, 0.25) is 0 Å². The second-order valence-electron chi connectivity index (χ2n) is 8.38. The molecule has 3 heterocycles. The minimum Gasteiger partial charge on any atom is -0.353 e. The summed E-state index contributed by atoms with van der Waals surface area (Å²) < 4.78 is 6.15. The smallest absolute Gasteiger partial charge is 0.254 e. The third-order valence-corrected chi connectivity index (χ3v) is 6.64. The number of hydrogen-bond donors (Lipinski definition) is 0. The Morgan fingerprint density at radius 1 is 1.14 bits per heavy atom. The summed E-state index contributed by atoms with van der Waals surface area (Å²) in [6, 6.07) is 16.1. The fourth-order valence-corrected chi connectivity index (χ4v) is 5.16. The fourth-order valence-electron chi connectivity index (χ4n) is 5.16. The molecular formula is C24H26N2O3. The van der Waals surface area contributed by atoms with Crippen molar-refractivity contribution in [2.24, 2.45) is 0 Å². The lowest BCUT2D eigenvalue weighted by Crippen LogP contribution is -2.56. The second kappa shape index (κ2) is 6.99. The summed E-state index contributed by atoms with van der Waals surface area (Å²) in [5.41, 5.74) is 3.56. The molecule has 29 heavy (non-hydrogen) atoms. The van der Waals surface area contributed by atoms with Crippen molar-refractivity contribution in [2.75, 3.05) is 19.7 Å². The summed E-state index contributed by atoms with van der Waals surface area (Å²) in [6.45, 7) is 4.10. The predicted octanol–water partition coefficient (Wildman–Crippen LogP) is 3.15. The van der Waals surface area contributed by atoms with Gasteiger partial charge in [0.05, 0.1) is 19.1 Å². The normalized spacial score (nSPS) is 25.8. The number of nitrogens with zero attached hydrogens (tertiary/aromatic N) is 2. The van der Waals surface area contributed by atoms with Gasteiger partial charge < -0.3 is 14.5 Å². The number of ether oxygens (including phenoxy) is 1. The maximum absolute atomic E-state index is 13.6. The summed E-state index contributed by atoms with van der Waals surface area (Å²) >= 11 is 0. The van der Waals surface area contributed by atoms with Crippen LogP contribution < -0.4 is 0 Å². The SMILES string of the molecule is Cc1ccc(Cc2ccccc2C(=O)N2CC[C@@]34OCCCN3C(=O)C[C@@H]24)cc1. The van der Waals surface area contributed by atoms with Crippen molar-refractivity contribution < 1.29 is 14.3 Å². The first-order valence-electron chi connectivity index (χ1n) is 10.5. The van der Waals surface area contributed by atoms with E-state index >= 15 is 0 Å². The van der Waals surface area contributed by atoms with Gasteiger partial charge in [-0.05, 0) is 37.0 Å². The van der Waals surface area contributed by atoms with Crippen LogP contribution in [0.15, 0.2) is 48.5 Å². The molecule has 1 spiro atoms. The monoisotopic (exact) mass is 390 g/mol. The molecule has 150 valence electrons. The van der Waals surface area contributed by atoms with Gasteiger partial charge in [-0.25, -0.2) is 0 Å². The van der Waals surface area contributed by atoms with Gasteiger partial charge in [0.1, 0.15) is 0 Å². The molecule has 3 saturated heterocycles. The summed E-state index contributed by atoms with van der Waals surface area (Å²) in [4.78, 5) is 29.9. The van der Waals surface area contributed by atoms with Gasteiger partial charge in [-0.15, -0.1) is 0 Å². The molecule has 0 saturated carbocycles. The van der Waals surface area contributed by atoms with Crippen molar-refractivity contribution in [2.45, 2.75) is 44.4 Å². The number of likely N-dealkylation sites (tertiary alicyclic amines) is 1. The highest BCUT2D eigenvalue weighted by Crippen LogP contribution is 2.45. The van der Waals surface area contributed by atoms with Crippen LogP contribution in [0.1, 0.15) is 46.3 Å². The molecule has 0 N–H and O–H groups in total. The molecule has 0 unspecified atom stereocenters. The number of carbonyl (C=O) groups excluding carboxylic acids is 2. The lowest BCUT2D eigenvalue weighted by Gasteiger charge is -2.42. The summed E-state index contributed by atoms with van der Waals surface area (Å²) in [6.07, 6.45) is 2.65. The van der Waals surface area contributed by atoms with Gasteiger partial charge >= 0.3 is 0 Å². The molecule has 2 amide bonds. The number of carbonyl (C=O) groups is 2. The van der Waals surface area contributed by atoms with E-state index in [0.29, 0.717) is 32.4 Å². The van der Waals surface area contributed by atoms with E-state index in [4.69, 9.17) is 4.74 Å². The van der Waals surface area contributed by atoms with Gasteiger partial charge in [0, 0.05) is 25.1 Å². The Morgan fingerprint density at radius 3 is 2.76 bits per heavy atom. The van der Waals surface area contributed by atoms with E-state index in [1.54, 1.807) is 0 Å². The van der Waals surface area contributed by atoms with Gasteiger partial charge in [0.15, 0.2) is 5.72 Å². The standard InChI is InChI=1S/C24H26N2O3/c1-17-7-9-18(10-8-17)15-19-5-2-3-6-20(19)23(28)25-13-11-24-21(25)16-22(27)26(24)12-4-14-29-24/h2-3,5-10,21H,4,11-16H2,1H3/t21-,24+/m1/s1. The molecule has 0 bridgehead atoms. The first-order valence-corrected chi connectivity index (χ1v) is 10.5. The number of rotatable bonds is 3. The average Bonchev–Trinajstić information content (AvgIpc) is 3.22. The highest BCUT2D eigenvalue weighted by Gasteiger charge is 2.61. The van der Waals surface area contributed by atoms with Crippen molar-refractivity contribution in [1.29, 1.82) is 0 Å². The zero-order valence-electron chi connectivity index (χ0n) is 16.8. The van der Waals surface area contributed by atoms with Crippen LogP contribution in [0, 0.1) is 6.92 Å². The summed E-state index contributed by atoms with van der Waals surface area (Å²) in [5.74, 6) is 0.124. The number of hydrogen-bond acceptors (Lipinski definition) is 3. The number of aryl methyl sites for hydroxylation is 1. The summed E-state index contributed by atoms with van der Waals surface area (Å²) in [7, 11) is 0. The van der Waals surface area contributed by atoms with Crippen LogP contribution in [0.4, 0.5) is 0 Å². The predicted molar refractivity (Wildman–Crippen MR) is 109 cm³/mol. The maximum Gasteiger partial charge on any atom is 0.254 e. The quantitative estimate of drug-likeness (QED) is 0.809. The molecule has 0 radical (unpaired) electrons. The average molecular weight is 390 g/mol. The van der Waals surface area contributed by atoms with Crippen LogP contribution in [-0.2, 0) is 16.0 Å². The van der Waals surface area contributed by atoms with Crippen LogP contribution >= 0.6 is 0 Å². The first kappa shape index (κ1) is 18.4. The van der Waals surface area contributed by atoms with Crippen LogP contribution in [0.25, 0.3) is 0 Å². The van der Waals surface area contributed by atoms with E-state index < -0.39 is 5.72 Å². The van der Waals surface area contributed by atoms with E-state index in [9.17, 15) is 9.59 Å². The minimum absolute atomic E-state index is 0.0124. The van der Waals surface area contributed by atoms with Gasteiger partial charge in [-0.2, -0.15) is 0 Å². The first-order chi connectivity index (χ1) is 14.1. The molecule has 5 nitrogen and oxygen atoms in total. The van der Waals surface area contributed by atoms with Crippen LogP contribution in [0.3, 0.4) is 0 Å². The van der Waals surface area contributed by atoms with Crippen molar-refractivity contribution in [1.82, 2.24) is 9.80 Å². The van der Waals surface area contributed by atoms with E-state index in [1.165, 1.54) is 11.1 Å². The zero-order chi connectivity index (χ0) is 20.0. The van der Waals surface area contributed by atoms with Gasteiger partial charge in [-0.1, -0.05) is 48.0 Å². The van der Waals surface area contributed by atoms with Gasteiger partial charge in [-0.3, -0.25) is 9.59 Å². The van der Waals surface area contributed by atoms with E-state index in [0.717, 1.165) is 24.1 Å². The molecule has 0 aromatic heterocycles. The molecule has 2 aromatic rings. The van der Waals surface area contributed by atoms with E-state index in [-0.39, 0.29) is 17.9 Å².